The van der Waals surface area contributed by atoms with Crippen LogP contribution in [0.5, 0.6) is 0 Å². The summed E-state index contributed by atoms with van der Waals surface area (Å²) in [5, 5.41) is 20.3. The van der Waals surface area contributed by atoms with Crippen LogP contribution in [0.2, 0.25) is 0 Å². The molecule has 1 aromatic heterocycles. The lowest BCUT2D eigenvalue weighted by Crippen LogP contribution is -2.21. The molecule has 0 fully saturated rings. The van der Waals surface area contributed by atoms with E-state index in [2.05, 4.69) is 15.5 Å². The molecule has 3 rings (SSSR count). The third-order valence-electron chi connectivity index (χ3n) is 3.94. The van der Waals surface area contributed by atoms with Crippen molar-refractivity contribution in [1.82, 2.24) is 15.5 Å². The lowest BCUT2D eigenvalue weighted by molar-refractivity contribution is 0.174. The van der Waals surface area contributed by atoms with Gasteiger partial charge in [0, 0.05) is 24.2 Å². The fourth-order valence-electron chi connectivity index (χ4n) is 2.68. The molecular weight excluding hydrogens is 305 g/mol. The Bertz CT molecular complexity index is 816. The largest absolute Gasteiger partial charge is 0.387 e. The van der Waals surface area contributed by atoms with Crippen LogP contribution < -0.4 is 5.32 Å². The van der Waals surface area contributed by atoms with E-state index in [0.717, 1.165) is 16.7 Å². The SMILES string of the molecule is Cc1cccc(C(O)CNCc2cn[nH]c2-c2ccccc2F)c1. The Morgan fingerprint density at radius 2 is 2.04 bits per heavy atom. The second-order valence-electron chi connectivity index (χ2n) is 5.81. The first-order chi connectivity index (χ1) is 11.6. The third kappa shape index (κ3) is 3.69. The van der Waals surface area contributed by atoms with E-state index in [4.69, 9.17) is 0 Å². The summed E-state index contributed by atoms with van der Waals surface area (Å²) in [6.45, 7) is 2.89. The second-order valence-corrected chi connectivity index (χ2v) is 5.81. The van der Waals surface area contributed by atoms with Gasteiger partial charge in [-0.15, -0.1) is 0 Å². The standard InChI is InChI=1S/C19H20FN3O/c1-13-5-4-6-14(9-13)18(24)12-21-10-15-11-22-23-19(15)16-7-2-3-8-17(16)20/h2-9,11,18,21,24H,10,12H2,1H3,(H,22,23). The minimum Gasteiger partial charge on any atom is -0.387 e. The van der Waals surface area contributed by atoms with Crippen LogP contribution in [0.15, 0.2) is 54.7 Å². The van der Waals surface area contributed by atoms with E-state index in [1.165, 1.54) is 6.07 Å². The lowest BCUT2D eigenvalue weighted by Gasteiger charge is -2.13. The molecule has 1 atom stereocenters. The van der Waals surface area contributed by atoms with Gasteiger partial charge >= 0.3 is 0 Å². The Balaban J connectivity index is 1.64. The fraction of sp³-hybridized carbons (Fsp3) is 0.211. The van der Waals surface area contributed by atoms with Gasteiger partial charge in [0.05, 0.1) is 18.0 Å². The highest BCUT2D eigenvalue weighted by Gasteiger charge is 2.12. The number of aliphatic hydroxyl groups is 1. The number of aromatic amines is 1. The van der Waals surface area contributed by atoms with Crippen LogP contribution in [-0.4, -0.2) is 21.8 Å². The Labute approximate surface area is 140 Å². The maximum absolute atomic E-state index is 13.9. The summed E-state index contributed by atoms with van der Waals surface area (Å²) in [7, 11) is 0. The Morgan fingerprint density at radius 1 is 1.21 bits per heavy atom. The van der Waals surface area contributed by atoms with Crippen molar-refractivity contribution in [2.75, 3.05) is 6.54 Å². The van der Waals surface area contributed by atoms with Crippen molar-refractivity contribution in [2.24, 2.45) is 0 Å². The Morgan fingerprint density at radius 3 is 2.83 bits per heavy atom. The van der Waals surface area contributed by atoms with E-state index < -0.39 is 6.10 Å². The number of aliphatic hydroxyl groups excluding tert-OH is 1. The van der Waals surface area contributed by atoms with Crippen molar-refractivity contribution in [2.45, 2.75) is 19.6 Å². The van der Waals surface area contributed by atoms with Gasteiger partial charge in [-0.3, -0.25) is 5.10 Å². The molecule has 0 radical (unpaired) electrons. The van der Waals surface area contributed by atoms with Gasteiger partial charge in [-0.2, -0.15) is 5.10 Å². The Kier molecular flexibility index (Phi) is 5.03. The fourth-order valence-corrected chi connectivity index (χ4v) is 2.68. The molecule has 24 heavy (non-hydrogen) atoms. The van der Waals surface area contributed by atoms with Gasteiger partial charge in [-0.1, -0.05) is 42.0 Å². The maximum Gasteiger partial charge on any atom is 0.132 e. The smallest absolute Gasteiger partial charge is 0.132 e. The number of nitrogens with one attached hydrogen (secondary N) is 2. The van der Waals surface area contributed by atoms with Gasteiger partial charge in [0.15, 0.2) is 0 Å². The highest BCUT2D eigenvalue weighted by atomic mass is 19.1. The second kappa shape index (κ2) is 7.38. The monoisotopic (exact) mass is 325 g/mol. The topological polar surface area (TPSA) is 60.9 Å². The molecule has 3 N–H and O–H groups in total. The number of nitrogens with zero attached hydrogens (tertiary/aromatic N) is 1. The maximum atomic E-state index is 13.9. The van der Waals surface area contributed by atoms with Crippen LogP contribution in [0.3, 0.4) is 0 Å². The quantitative estimate of drug-likeness (QED) is 0.651. The molecule has 124 valence electrons. The van der Waals surface area contributed by atoms with Crippen molar-refractivity contribution in [3.05, 3.63) is 77.2 Å². The summed E-state index contributed by atoms with van der Waals surface area (Å²) in [5.74, 6) is -0.289. The number of H-pyrrole nitrogens is 1. The first-order valence-corrected chi connectivity index (χ1v) is 7.87. The molecule has 0 saturated carbocycles. The summed E-state index contributed by atoms with van der Waals surface area (Å²) in [6, 6.07) is 14.4. The number of halogens is 1. The number of hydrogen-bond acceptors (Lipinski definition) is 3. The van der Waals surface area contributed by atoms with Crippen molar-refractivity contribution in [3.63, 3.8) is 0 Å². The molecule has 1 heterocycles. The average molecular weight is 325 g/mol. The molecule has 0 aliphatic rings. The van der Waals surface area contributed by atoms with E-state index in [-0.39, 0.29) is 5.82 Å². The van der Waals surface area contributed by atoms with Crippen LogP contribution >= 0.6 is 0 Å². The first-order valence-electron chi connectivity index (χ1n) is 7.87. The first kappa shape index (κ1) is 16.4. The van der Waals surface area contributed by atoms with Crippen molar-refractivity contribution in [1.29, 1.82) is 0 Å². The number of hydrogen-bond donors (Lipinski definition) is 3. The number of benzene rings is 2. The average Bonchev–Trinajstić information content (AvgIpc) is 3.03. The molecule has 5 heteroatoms. The van der Waals surface area contributed by atoms with Crippen LogP contribution in [-0.2, 0) is 6.54 Å². The van der Waals surface area contributed by atoms with Crippen LogP contribution in [0.4, 0.5) is 4.39 Å². The highest BCUT2D eigenvalue weighted by molar-refractivity contribution is 5.63. The van der Waals surface area contributed by atoms with Crippen molar-refractivity contribution in [3.8, 4) is 11.3 Å². The molecular formula is C19H20FN3O. The van der Waals surface area contributed by atoms with E-state index in [0.29, 0.717) is 24.3 Å². The number of rotatable bonds is 6. The molecule has 2 aromatic carbocycles. The molecule has 1 unspecified atom stereocenters. The zero-order valence-corrected chi connectivity index (χ0v) is 13.5. The van der Waals surface area contributed by atoms with Crippen LogP contribution in [0.25, 0.3) is 11.3 Å². The molecule has 0 saturated heterocycles. The summed E-state index contributed by atoms with van der Waals surface area (Å²) in [4.78, 5) is 0. The molecule has 0 spiro atoms. The van der Waals surface area contributed by atoms with Crippen LogP contribution in [0, 0.1) is 12.7 Å². The lowest BCUT2D eigenvalue weighted by atomic mass is 10.1. The van der Waals surface area contributed by atoms with E-state index >= 15 is 0 Å². The van der Waals surface area contributed by atoms with Gasteiger partial charge < -0.3 is 10.4 Å². The highest BCUT2D eigenvalue weighted by Crippen LogP contribution is 2.24. The van der Waals surface area contributed by atoms with Crippen LogP contribution in [0.1, 0.15) is 22.8 Å². The van der Waals surface area contributed by atoms with Crippen molar-refractivity contribution < 1.29 is 9.50 Å². The summed E-state index contributed by atoms with van der Waals surface area (Å²) < 4.78 is 13.9. The molecule has 0 bridgehead atoms. The normalized spacial score (nSPS) is 12.3. The van der Waals surface area contributed by atoms with Gasteiger partial charge in [0.25, 0.3) is 0 Å². The molecule has 4 nitrogen and oxygen atoms in total. The third-order valence-corrected chi connectivity index (χ3v) is 3.94. The minimum atomic E-state index is -0.589. The van der Waals surface area contributed by atoms with Gasteiger partial charge in [0.1, 0.15) is 5.82 Å². The predicted octanol–water partition coefficient (Wildman–Crippen LogP) is 3.35. The van der Waals surface area contributed by atoms with E-state index in [9.17, 15) is 9.50 Å². The number of aromatic nitrogens is 2. The van der Waals surface area contributed by atoms with Gasteiger partial charge in [-0.05, 0) is 24.6 Å². The predicted molar refractivity (Wildman–Crippen MR) is 91.8 cm³/mol. The summed E-state index contributed by atoms with van der Waals surface area (Å²) in [6.07, 6.45) is 1.09. The molecule has 0 amide bonds. The zero-order valence-electron chi connectivity index (χ0n) is 13.5. The minimum absolute atomic E-state index is 0.289. The van der Waals surface area contributed by atoms with Gasteiger partial charge in [0.2, 0.25) is 0 Å². The van der Waals surface area contributed by atoms with Crippen molar-refractivity contribution >= 4 is 0 Å². The summed E-state index contributed by atoms with van der Waals surface area (Å²) in [5.41, 5.74) is 4.00. The molecule has 3 aromatic rings. The van der Waals surface area contributed by atoms with Gasteiger partial charge in [-0.25, -0.2) is 4.39 Å². The molecule has 0 aliphatic carbocycles. The Hall–Kier alpha value is -2.50. The summed E-state index contributed by atoms with van der Waals surface area (Å²) >= 11 is 0. The number of aryl methyl sites for hydroxylation is 1. The molecule has 0 aliphatic heterocycles. The van der Waals surface area contributed by atoms with E-state index in [1.54, 1.807) is 24.4 Å². The zero-order chi connectivity index (χ0) is 16.9. The van der Waals surface area contributed by atoms with E-state index in [1.807, 2.05) is 31.2 Å².